The first-order chi connectivity index (χ1) is 5.35. The summed E-state index contributed by atoms with van der Waals surface area (Å²) >= 11 is 0. The Kier molecular flexibility index (Phi) is 7.89. The molecule has 3 heteroatoms. The third kappa shape index (κ3) is 6.28. The van der Waals surface area contributed by atoms with E-state index in [0.717, 1.165) is 25.9 Å². The van der Waals surface area contributed by atoms with Gasteiger partial charge in [-0.15, -0.1) is 0 Å². The van der Waals surface area contributed by atoms with Gasteiger partial charge in [-0.3, -0.25) is 0 Å². The minimum absolute atomic E-state index is 0.212. The first kappa shape index (κ1) is 10.9. The first-order valence-electron chi connectivity index (χ1n) is 4.15. The lowest BCUT2D eigenvalue weighted by Gasteiger charge is -2.09. The molecular formula is C8H19NO2. The fourth-order valence-corrected chi connectivity index (χ4v) is 0.963. The predicted molar refractivity (Wildman–Crippen MR) is 45.4 cm³/mol. The summed E-state index contributed by atoms with van der Waals surface area (Å²) in [6.45, 7) is 1.61. The normalized spacial score (nSPS) is 13.4. The Morgan fingerprint density at radius 3 is 2.64 bits per heavy atom. The Morgan fingerprint density at radius 2 is 2.18 bits per heavy atom. The number of aliphatic hydroxyl groups is 1. The minimum Gasteiger partial charge on any atom is -0.396 e. The number of hydrogen-bond donors (Lipinski definition) is 2. The van der Waals surface area contributed by atoms with Crippen molar-refractivity contribution in [3.8, 4) is 0 Å². The standard InChI is InChI=1S/C8H19NO2/c1-11-5-3-2-4-8(6-9)7-10/h8,10H,2-7,9H2,1H3. The van der Waals surface area contributed by atoms with E-state index in [1.807, 2.05) is 0 Å². The number of unbranched alkanes of at least 4 members (excludes halogenated alkanes) is 1. The van der Waals surface area contributed by atoms with Crippen LogP contribution >= 0.6 is 0 Å². The van der Waals surface area contributed by atoms with Crippen LogP contribution in [0.2, 0.25) is 0 Å². The zero-order valence-corrected chi connectivity index (χ0v) is 7.25. The Labute approximate surface area is 68.5 Å². The lowest BCUT2D eigenvalue weighted by Crippen LogP contribution is -2.17. The van der Waals surface area contributed by atoms with Crippen LogP contribution in [0.1, 0.15) is 19.3 Å². The van der Waals surface area contributed by atoms with E-state index in [2.05, 4.69) is 0 Å². The quantitative estimate of drug-likeness (QED) is 0.530. The maximum Gasteiger partial charge on any atom is 0.0471 e. The van der Waals surface area contributed by atoms with Gasteiger partial charge in [0.05, 0.1) is 0 Å². The highest BCUT2D eigenvalue weighted by atomic mass is 16.5. The number of rotatable bonds is 7. The molecule has 0 aliphatic carbocycles. The van der Waals surface area contributed by atoms with Gasteiger partial charge >= 0.3 is 0 Å². The Hall–Kier alpha value is -0.120. The van der Waals surface area contributed by atoms with Gasteiger partial charge in [0.25, 0.3) is 0 Å². The van der Waals surface area contributed by atoms with Crippen molar-refractivity contribution in [3.63, 3.8) is 0 Å². The van der Waals surface area contributed by atoms with E-state index in [9.17, 15) is 0 Å². The van der Waals surface area contributed by atoms with Crippen molar-refractivity contribution >= 4 is 0 Å². The van der Waals surface area contributed by atoms with Crippen LogP contribution in [0.3, 0.4) is 0 Å². The molecule has 0 aromatic heterocycles. The van der Waals surface area contributed by atoms with Crippen LogP contribution in [0, 0.1) is 5.92 Å². The SMILES string of the molecule is COCCCCC(CN)CO. The molecule has 3 N–H and O–H groups in total. The fraction of sp³-hybridized carbons (Fsp3) is 1.00. The van der Waals surface area contributed by atoms with Gasteiger partial charge in [-0.2, -0.15) is 0 Å². The average molecular weight is 161 g/mol. The highest BCUT2D eigenvalue weighted by Crippen LogP contribution is 2.05. The second-order valence-electron chi connectivity index (χ2n) is 2.77. The third-order valence-electron chi connectivity index (χ3n) is 1.80. The molecule has 0 saturated heterocycles. The number of aliphatic hydroxyl groups excluding tert-OH is 1. The summed E-state index contributed by atoms with van der Waals surface area (Å²) < 4.78 is 4.90. The topological polar surface area (TPSA) is 55.5 Å². The summed E-state index contributed by atoms with van der Waals surface area (Å²) in [4.78, 5) is 0. The van der Waals surface area contributed by atoms with Crippen LogP contribution < -0.4 is 5.73 Å². The lowest BCUT2D eigenvalue weighted by molar-refractivity contribution is 0.182. The van der Waals surface area contributed by atoms with Crippen molar-refractivity contribution in [3.05, 3.63) is 0 Å². The molecule has 3 nitrogen and oxygen atoms in total. The van der Waals surface area contributed by atoms with E-state index >= 15 is 0 Å². The second-order valence-corrected chi connectivity index (χ2v) is 2.77. The van der Waals surface area contributed by atoms with E-state index in [0.29, 0.717) is 6.54 Å². The van der Waals surface area contributed by atoms with Crippen LogP contribution in [0.5, 0.6) is 0 Å². The van der Waals surface area contributed by atoms with Gasteiger partial charge in [-0.25, -0.2) is 0 Å². The summed E-state index contributed by atoms with van der Waals surface area (Å²) in [5.41, 5.74) is 5.41. The number of methoxy groups -OCH3 is 1. The van der Waals surface area contributed by atoms with Crippen molar-refractivity contribution in [1.82, 2.24) is 0 Å². The maximum atomic E-state index is 8.77. The van der Waals surface area contributed by atoms with Crippen LogP contribution in [0.25, 0.3) is 0 Å². The first-order valence-corrected chi connectivity index (χ1v) is 4.15. The smallest absolute Gasteiger partial charge is 0.0471 e. The van der Waals surface area contributed by atoms with Gasteiger partial charge in [-0.1, -0.05) is 6.42 Å². The molecule has 68 valence electrons. The molecule has 1 unspecified atom stereocenters. The van der Waals surface area contributed by atoms with Gasteiger partial charge in [0.15, 0.2) is 0 Å². The summed E-state index contributed by atoms with van der Waals surface area (Å²) in [5.74, 6) is 0.284. The Bertz CT molecular complexity index is 74.5. The lowest BCUT2D eigenvalue weighted by atomic mass is 10.0. The number of ether oxygens (including phenoxy) is 1. The average Bonchev–Trinajstić information content (AvgIpc) is 2.05. The van der Waals surface area contributed by atoms with Gasteiger partial charge in [-0.05, 0) is 25.3 Å². The Morgan fingerprint density at radius 1 is 1.45 bits per heavy atom. The van der Waals surface area contributed by atoms with Crippen LogP contribution in [0.4, 0.5) is 0 Å². The van der Waals surface area contributed by atoms with Gasteiger partial charge in [0, 0.05) is 20.3 Å². The Balaban J connectivity index is 3.07. The summed E-state index contributed by atoms with van der Waals surface area (Å²) in [5, 5.41) is 8.77. The maximum absolute atomic E-state index is 8.77. The molecule has 0 bridgehead atoms. The van der Waals surface area contributed by atoms with Crippen molar-refractivity contribution in [2.24, 2.45) is 11.7 Å². The fourth-order valence-electron chi connectivity index (χ4n) is 0.963. The van der Waals surface area contributed by atoms with E-state index < -0.39 is 0 Å². The van der Waals surface area contributed by atoms with E-state index in [-0.39, 0.29) is 12.5 Å². The van der Waals surface area contributed by atoms with Gasteiger partial charge in [0.2, 0.25) is 0 Å². The molecule has 0 aromatic rings. The highest BCUT2D eigenvalue weighted by Gasteiger charge is 2.03. The van der Waals surface area contributed by atoms with E-state index in [4.69, 9.17) is 15.6 Å². The van der Waals surface area contributed by atoms with Crippen molar-refractivity contribution in [2.45, 2.75) is 19.3 Å². The molecule has 0 saturated carbocycles. The minimum atomic E-state index is 0.212. The molecule has 1 atom stereocenters. The van der Waals surface area contributed by atoms with Crippen molar-refractivity contribution < 1.29 is 9.84 Å². The number of nitrogens with two attached hydrogens (primary N) is 1. The molecule has 11 heavy (non-hydrogen) atoms. The van der Waals surface area contributed by atoms with Crippen molar-refractivity contribution in [2.75, 3.05) is 26.9 Å². The molecule has 0 fully saturated rings. The number of hydrogen-bond acceptors (Lipinski definition) is 3. The third-order valence-corrected chi connectivity index (χ3v) is 1.80. The molecule has 0 spiro atoms. The molecule has 0 radical (unpaired) electrons. The second kappa shape index (κ2) is 7.98. The summed E-state index contributed by atoms with van der Waals surface area (Å²) in [6, 6.07) is 0. The van der Waals surface area contributed by atoms with Crippen molar-refractivity contribution in [1.29, 1.82) is 0 Å². The monoisotopic (exact) mass is 161 g/mol. The summed E-state index contributed by atoms with van der Waals surface area (Å²) in [7, 11) is 1.70. The molecular weight excluding hydrogens is 142 g/mol. The van der Waals surface area contributed by atoms with Crippen LogP contribution in [0.15, 0.2) is 0 Å². The molecule has 0 aromatic carbocycles. The van der Waals surface area contributed by atoms with E-state index in [1.165, 1.54) is 0 Å². The molecule has 0 aliphatic rings. The molecule has 0 rings (SSSR count). The van der Waals surface area contributed by atoms with Gasteiger partial charge in [0.1, 0.15) is 0 Å². The van der Waals surface area contributed by atoms with E-state index in [1.54, 1.807) is 7.11 Å². The molecule has 0 heterocycles. The molecule has 0 amide bonds. The largest absolute Gasteiger partial charge is 0.396 e. The van der Waals surface area contributed by atoms with Crippen LogP contribution in [-0.4, -0.2) is 32.0 Å². The van der Waals surface area contributed by atoms with Gasteiger partial charge < -0.3 is 15.6 Å². The zero-order chi connectivity index (χ0) is 8.53. The summed E-state index contributed by atoms with van der Waals surface area (Å²) in [6.07, 6.45) is 3.17. The highest BCUT2D eigenvalue weighted by molar-refractivity contribution is 4.57. The molecule has 0 aliphatic heterocycles. The zero-order valence-electron chi connectivity index (χ0n) is 7.25. The van der Waals surface area contributed by atoms with Crippen LogP contribution in [-0.2, 0) is 4.74 Å². The predicted octanol–water partition coefficient (Wildman–Crippen LogP) is 0.370.